The molecule has 8 heteroatoms. The van der Waals surface area contributed by atoms with Crippen LogP contribution in [0.4, 0.5) is 8.78 Å². The molecule has 1 heterocycles. The zero-order valence-corrected chi connectivity index (χ0v) is 24.0. The van der Waals surface area contributed by atoms with Gasteiger partial charge in [0, 0.05) is 27.2 Å². The van der Waals surface area contributed by atoms with Crippen LogP contribution in [-0.2, 0) is 0 Å². The maximum Gasteiger partial charge on any atom is 0.257 e. The summed E-state index contributed by atoms with van der Waals surface area (Å²) >= 11 is 0. The van der Waals surface area contributed by atoms with Crippen molar-refractivity contribution in [1.82, 2.24) is 9.80 Å². The fraction of sp³-hybridized carbons (Fsp3) is 0.533. The highest BCUT2D eigenvalue weighted by molar-refractivity contribution is 5.97. The highest BCUT2D eigenvalue weighted by Crippen LogP contribution is 2.30. The van der Waals surface area contributed by atoms with E-state index in [0.29, 0.717) is 34.8 Å². The fourth-order valence-corrected chi connectivity index (χ4v) is 4.31. The molecule has 0 saturated carbocycles. The molecule has 0 aromatic heterocycles. The van der Waals surface area contributed by atoms with E-state index in [4.69, 9.17) is 9.47 Å². The third-order valence-electron chi connectivity index (χ3n) is 6.47. The van der Waals surface area contributed by atoms with Gasteiger partial charge in [0.15, 0.2) is 0 Å². The minimum absolute atomic E-state index is 0.0485. The lowest BCUT2D eigenvalue weighted by Gasteiger charge is -2.27. The Kier molecular flexibility index (Phi) is 11.5. The van der Waals surface area contributed by atoms with Gasteiger partial charge in [0.2, 0.25) is 0 Å². The van der Waals surface area contributed by atoms with Crippen molar-refractivity contribution in [1.29, 1.82) is 0 Å². The SMILES string of the molecule is CCOc1cc(C(C)C)c(F)cc1C(=O)N1CCCCC1.COc1cc(C(C)C)c(F)cc1C(=O)N(C)C. The lowest BCUT2D eigenvalue weighted by molar-refractivity contribution is 0.0719. The molecule has 0 spiro atoms. The van der Waals surface area contributed by atoms with Gasteiger partial charge in [-0.2, -0.15) is 0 Å². The van der Waals surface area contributed by atoms with Gasteiger partial charge in [0.05, 0.1) is 24.8 Å². The van der Waals surface area contributed by atoms with E-state index in [-0.39, 0.29) is 40.8 Å². The van der Waals surface area contributed by atoms with Crippen LogP contribution >= 0.6 is 0 Å². The molecule has 1 aliphatic heterocycles. The van der Waals surface area contributed by atoms with E-state index in [1.165, 1.54) is 24.1 Å². The van der Waals surface area contributed by atoms with Crippen molar-refractivity contribution in [3.63, 3.8) is 0 Å². The molecule has 0 bridgehead atoms. The van der Waals surface area contributed by atoms with E-state index < -0.39 is 0 Å². The predicted octanol–water partition coefficient (Wildman–Crippen LogP) is 6.63. The molecule has 210 valence electrons. The number of carbonyl (C=O) groups excluding carboxylic acids is 2. The first-order valence-corrected chi connectivity index (χ1v) is 13.3. The van der Waals surface area contributed by atoms with Gasteiger partial charge in [-0.25, -0.2) is 8.78 Å². The number of methoxy groups -OCH3 is 1. The Morgan fingerprint density at radius 3 is 1.82 bits per heavy atom. The van der Waals surface area contributed by atoms with Crippen molar-refractivity contribution in [2.45, 2.75) is 65.7 Å². The molecule has 0 unspecified atom stereocenters. The Labute approximate surface area is 225 Å². The van der Waals surface area contributed by atoms with Crippen LogP contribution in [0.25, 0.3) is 0 Å². The van der Waals surface area contributed by atoms with Gasteiger partial charge in [-0.15, -0.1) is 0 Å². The lowest BCUT2D eigenvalue weighted by Crippen LogP contribution is -2.36. The van der Waals surface area contributed by atoms with E-state index in [0.717, 1.165) is 32.4 Å². The monoisotopic (exact) mass is 532 g/mol. The van der Waals surface area contributed by atoms with Crippen molar-refractivity contribution in [3.8, 4) is 11.5 Å². The molecule has 1 fully saturated rings. The molecular weight excluding hydrogens is 490 g/mol. The van der Waals surface area contributed by atoms with E-state index in [2.05, 4.69) is 0 Å². The number of piperidine rings is 1. The van der Waals surface area contributed by atoms with Crippen molar-refractivity contribution in [3.05, 3.63) is 58.2 Å². The van der Waals surface area contributed by atoms with Crippen LogP contribution in [0.15, 0.2) is 24.3 Å². The Morgan fingerprint density at radius 1 is 0.868 bits per heavy atom. The number of hydrogen-bond donors (Lipinski definition) is 0. The topological polar surface area (TPSA) is 59.1 Å². The summed E-state index contributed by atoms with van der Waals surface area (Å²) in [4.78, 5) is 27.6. The summed E-state index contributed by atoms with van der Waals surface area (Å²) in [6, 6.07) is 5.87. The molecule has 0 radical (unpaired) electrons. The summed E-state index contributed by atoms with van der Waals surface area (Å²) in [7, 11) is 4.72. The van der Waals surface area contributed by atoms with Gasteiger partial charge < -0.3 is 19.3 Å². The molecule has 1 saturated heterocycles. The van der Waals surface area contributed by atoms with Gasteiger partial charge >= 0.3 is 0 Å². The number of amides is 2. The zero-order chi connectivity index (χ0) is 28.6. The summed E-state index contributed by atoms with van der Waals surface area (Å²) in [5, 5.41) is 0. The van der Waals surface area contributed by atoms with Crippen LogP contribution < -0.4 is 9.47 Å². The first-order valence-electron chi connectivity index (χ1n) is 13.3. The quantitative estimate of drug-likeness (QED) is 0.401. The Balaban J connectivity index is 0.000000273. The molecule has 2 amide bonds. The fourth-order valence-electron chi connectivity index (χ4n) is 4.31. The minimum Gasteiger partial charge on any atom is -0.496 e. The smallest absolute Gasteiger partial charge is 0.257 e. The molecule has 3 rings (SSSR count). The molecule has 2 aromatic rings. The van der Waals surface area contributed by atoms with Crippen LogP contribution in [0.1, 0.15) is 97.6 Å². The van der Waals surface area contributed by atoms with Gasteiger partial charge in [-0.3, -0.25) is 9.59 Å². The first kappa shape index (κ1) is 31.1. The number of nitrogens with zero attached hydrogens (tertiary/aromatic N) is 2. The maximum absolute atomic E-state index is 14.2. The third kappa shape index (κ3) is 7.68. The number of ether oxygens (including phenoxy) is 2. The molecular formula is C30H42F2N2O4. The average molecular weight is 533 g/mol. The lowest BCUT2D eigenvalue weighted by atomic mass is 9.99. The molecule has 2 aromatic carbocycles. The van der Waals surface area contributed by atoms with Gasteiger partial charge in [-0.1, -0.05) is 27.7 Å². The highest BCUT2D eigenvalue weighted by atomic mass is 19.1. The summed E-state index contributed by atoms with van der Waals surface area (Å²) in [6.45, 7) is 11.5. The molecule has 38 heavy (non-hydrogen) atoms. The number of hydrogen-bond acceptors (Lipinski definition) is 4. The van der Waals surface area contributed by atoms with Crippen LogP contribution in [-0.4, -0.2) is 62.5 Å². The molecule has 0 aliphatic carbocycles. The average Bonchev–Trinajstić information content (AvgIpc) is 2.89. The number of benzene rings is 2. The summed E-state index contributed by atoms with van der Waals surface area (Å²) in [6.07, 6.45) is 3.19. The normalized spacial score (nSPS) is 13.2. The Hall–Kier alpha value is -3.16. The van der Waals surface area contributed by atoms with Crippen molar-refractivity contribution < 1.29 is 27.8 Å². The standard InChI is InChI=1S/C17H24FNO2.C13H18FNO2/c1-4-21-16-11-13(12(2)3)15(18)10-14(16)17(20)19-8-6-5-7-9-19;1-8(2)9-7-12(17-5)10(6-11(9)14)13(16)15(3)4/h10-12H,4-9H2,1-3H3;6-8H,1-5H3. The molecule has 0 atom stereocenters. The minimum atomic E-state index is -0.369. The van der Waals surface area contributed by atoms with Gasteiger partial charge in [0.25, 0.3) is 11.8 Å². The first-order chi connectivity index (χ1) is 17.9. The summed E-state index contributed by atoms with van der Waals surface area (Å²) in [5.41, 5.74) is 1.74. The number of likely N-dealkylation sites (tertiary alicyclic amines) is 1. The highest BCUT2D eigenvalue weighted by Gasteiger charge is 2.24. The zero-order valence-electron chi connectivity index (χ0n) is 24.0. The second kappa shape index (κ2) is 14.1. The van der Waals surface area contributed by atoms with E-state index in [1.54, 1.807) is 31.1 Å². The summed E-state index contributed by atoms with van der Waals surface area (Å²) < 4.78 is 38.8. The van der Waals surface area contributed by atoms with Crippen molar-refractivity contribution in [2.75, 3.05) is 40.9 Å². The van der Waals surface area contributed by atoms with E-state index >= 15 is 0 Å². The molecule has 1 aliphatic rings. The second-order valence-corrected chi connectivity index (χ2v) is 10.2. The largest absolute Gasteiger partial charge is 0.496 e. The van der Waals surface area contributed by atoms with E-state index in [1.807, 2.05) is 34.6 Å². The maximum atomic E-state index is 14.2. The van der Waals surface area contributed by atoms with Gasteiger partial charge in [-0.05, 0) is 73.4 Å². The summed E-state index contributed by atoms with van der Waals surface area (Å²) in [5.74, 6) is -0.0639. The molecule has 6 nitrogen and oxygen atoms in total. The van der Waals surface area contributed by atoms with Crippen molar-refractivity contribution in [2.24, 2.45) is 0 Å². The number of halogens is 2. The number of rotatable bonds is 7. The predicted molar refractivity (Wildman–Crippen MR) is 146 cm³/mol. The second-order valence-electron chi connectivity index (χ2n) is 10.2. The van der Waals surface area contributed by atoms with Crippen LogP contribution in [0.2, 0.25) is 0 Å². The van der Waals surface area contributed by atoms with E-state index in [9.17, 15) is 18.4 Å². The Bertz CT molecular complexity index is 1110. The third-order valence-corrected chi connectivity index (χ3v) is 6.47. The Morgan fingerprint density at radius 2 is 1.37 bits per heavy atom. The van der Waals surface area contributed by atoms with Gasteiger partial charge in [0.1, 0.15) is 23.1 Å². The molecule has 0 N–H and O–H groups in total. The van der Waals surface area contributed by atoms with Crippen LogP contribution in [0.5, 0.6) is 11.5 Å². The van der Waals surface area contributed by atoms with Crippen LogP contribution in [0, 0.1) is 11.6 Å². The van der Waals surface area contributed by atoms with Crippen LogP contribution in [0.3, 0.4) is 0 Å². The number of carbonyl (C=O) groups is 2. The van der Waals surface area contributed by atoms with Crippen molar-refractivity contribution >= 4 is 11.8 Å².